The van der Waals surface area contributed by atoms with Crippen LogP contribution in [0.5, 0.6) is 11.5 Å². The topological polar surface area (TPSA) is 117 Å². The first kappa shape index (κ1) is 23.3. The molecule has 0 aliphatic carbocycles. The number of anilines is 2. The molecular weight excluding hydrogens is 484 g/mol. The molecule has 188 valence electrons. The predicted molar refractivity (Wildman–Crippen MR) is 141 cm³/mol. The molecule has 1 aliphatic heterocycles. The van der Waals surface area contributed by atoms with Gasteiger partial charge in [-0.25, -0.2) is 9.78 Å². The summed E-state index contributed by atoms with van der Waals surface area (Å²) < 4.78 is 10.8. The van der Waals surface area contributed by atoms with E-state index in [1.54, 1.807) is 66.7 Å². The van der Waals surface area contributed by atoms with Crippen molar-refractivity contribution in [3.63, 3.8) is 0 Å². The molecule has 4 aromatic carbocycles. The van der Waals surface area contributed by atoms with Gasteiger partial charge in [-0.1, -0.05) is 54.6 Å². The minimum absolute atomic E-state index is 0.192. The number of carbonyl (C=O) groups is 2. The van der Waals surface area contributed by atoms with Crippen LogP contribution in [-0.2, 0) is 10.5 Å². The summed E-state index contributed by atoms with van der Waals surface area (Å²) >= 11 is 0. The van der Waals surface area contributed by atoms with Crippen molar-refractivity contribution in [1.82, 2.24) is 9.97 Å². The number of hydrogen-bond donors (Lipinski definition) is 3. The Balaban J connectivity index is 1.50. The summed E-state index contributed by atoms with van der Waals surface area (Å²) in [5.41, 5.74) is 0.854. The van der Waals surface area contributed by atoms with Gasteiger partial charge in [0, 0.05) is 16.7 Å². The molecule has 5 aromatic rings. The maximum absolute atomic E-state index is 13.8. The highest BCUT2D eigenvalue weighted by molar-refractivity contribution is 6.13. The number of H-pyrrole nitrogens is 1. The van der Waals surface area contributed by atoms with Crippen molar-refractivity contribution in [1.29, 1.82) is 0 Å². The van der Waals surface area contributed by atoms with Crippen LogP contribution in [0.4, 0.5) is 16.4 Å². The number of ether oxygens (including phenoxy) is 2. The fraction of sp³-hybridized carbons (Fsp3) is 0.0690. The second-order valence-electron chi connectivity index (χ2n) is 8.68. The molecule has 1 atom stereocenters. The number of methoxy groups -OCH3 is 1. The molecule has 1 unspecified atom stereocenters. The number of nitrogens with one attached hydrogen (secondary N) is 2. The molecular formula is C29H22N4O5. The van der Waals surface area contributed by atoms with Gasteiger partial charge in [-0.3, -0.25) is 15.0 Å². The van der Waals surface area contributed by atoms with Gasteiger partial charge in [0.1, 0.15) is 5.75 Å². The molecule has 9 heteroatoms. The van der Waals surface area contributed by atoms with E-state index in [2.05, 4.69) is 20.0 Å². The highest BCUT2D eigenvalue weighted by atomic mass is 16.5. The Morgan fingerprint density at radius 1 is 0.974 bits per heavy atom. The van der Waals surface area contributed by atoms with E-state index < -0.39 is 11.8 Å². The fourth-order valence-electron chi connectivity index (χ4n) is 4.70. The summed E-state index contributed by atoms with van der Waals surface area (Å²) in [5.74, 6) is 0.819. The van der Waals surface area contributed by atoms with E-state index in [0.29, 0.717) is 44.9 Å². The molecule has 6 rings (SSSR count). The lowest BCUT2D eigenvalue weighted by Gasteiger charge is -2.35. The van der Waals surface area contributed by atoms with Crippen LogP contribution in [0.1, 0.15) is 21.5 Å². The first-order valence-corrected chi connectivity index (χ1v) is 11.8. The number of aromatic nitrogens is 2. The third-order valence-corrected chi connectivity index (χ3v) is 6.43. The monoisotopic (exact) mass is 506 g/mol. The average Bonchev–Trinajstić information content (AvgIpc) is 3.45. The third-order valence-electron chi connectivity index (χ3n) is 6.43. The molecule has 3 N–H and O–H groups in total. The zero-order chi connectivity index (χ0) is 26.3. The van der Waals surface area contributed by atoms with Gasteiger partial charge in [0.05, 0.1) is 23.8 Å². The van der Waals surface area contributed by atoms with Crippen molar-refractivity contribution < 1.29 is 24.2 Å². The fourth-order valence-corrected chi connectivity index (χ4v) is 4.70. The van der Waals surface area contributed by atoms with Crippen LogP contribution in [0.3, 0.4) is 0 Å². The number of carbonyl (C=O) groups excluding carboxylic acids is 2. The number of para-hydroxylation sites is 3. The number of rotatable bonds is 5. The first-order valence-electron chi connectivity index (χ1n) is 11.8. The SMILES string of the molecule is COC(=O)Nc1nc2cc(C3(O)c4ccccc4C(=O)N3c3ccccc3Oc3ccccc3)ccc2[nH]1. The first-order chi connectivity index (χ1) is 18.5. The third kappa shape index (κ3) is 3.73. The quantitative estimate of drug-likeness (QED) is 0.294. The van der Waals surface area contributed by atoms with E-state index in [4.69, 9.17) is 4.74 Å². The van der Waals surface area contributed by atoms with Gasteiger partial charge in [-0.2, -0.15) is 0 Å². The van der Waals surface area contributed by atoms with Crippen LogP contribution in [-0.4, -0.2) is 34.2 Å². The van der Waals surface area contributed by atoms with Crippen molar-refractivity contribution in [2.75, 3.05) is 17.3 Å². The van der Waals surface area contributed by atoms with Crippen LogP contribution in [0, 0.1) is 0 Å². The Bertz CT molecular complexity index is 1680. The molecule has 0 saturated heterocycles. The minimum atomic E-state index is -1.87. The lowest BCUT2D eigenvalue weighted by atomic mass is 9.93. The lowest BCUT2D eigenvalue weighted by molar-refractivity contribution is 0.0701. The van der Waals surface area contributed by atoms with E-state index in [1.807, 2.05) is 30.3 Å². The predicted octanol–water partition coefficient (Wildman–Crippen LogP) is 5.39. The van der Waals surface area contributed by atoms with Crippen LogP contribution < -0.4 is 15.0 Å². The summed E-state index contributed by atoms with van der Waals surface area (Å²) in [6, 6.07) is 28.4. The Labute approximate surface area is 217 Å². The van der Waals surface area contributed by atoms with Gasteiger partial charge < -0.3 is 19.6 Å². The van der Waals surface area contributed by atoms with Crippen molar-refractivity contribution >= 4 is 34.7 Å². The van der Waals surface area contributed by atoms with Crippen molar-refractivity contribution in [2.45, 2.75) is 5.72 Å². The Morgan fingerprint density at radius 2 is 1.71 bits per heavy atom. The number of hydrogen-bond acceptors (Lipinski definition) is 6. The largest absolute Gasteiger partial charge is 0.455 e. The molecule has 1 aliphatic rings. The number of nitrogens with zero attached hydrogens (tertiary/aromatic N) is 2. The van der Waals surface area contributed by atoms with Gasteiger partial charge in [0.15, 0.2) is 11.5 Å². The van der Waals surface area contributed by atoms with E-state index in [9.17, 15) is 14.7 Å². The van der Waals surface area contributed by atoms with E-state index in [-0.39, 0.29) is 11.9 Å². The molecule has 38 heavy (non-hydrogen) atoms. The van der Waals surface area contributed by atoms with Gasteiger partial charge in [0.25, 0.3) is 5.91 Å². The Kier molecular flexibility index (Phi) is 5.54. The number of aromatic amines is 1. The van der Waals surface area contributed by atoms with Crippen LogP contribution in [0.2, 0.25) is 0 Å². The number of amides is 2. The van der Waals surface area contributed by atoms with E-state index in [0.717, 1.165) is 0 Å². The van der Waals surface area contributed by atoms with Gasteiger partial charge in [-0.05, 0) is 42.5 Å². The number of benzene rings is 4. The second-order valence-corrected chi connectivity index (χ2v) is 8.68. The number of fused-ring (bicyclic) bond motifs is 2. The molecule has 2 heterocycles. The zero-order valence-corrected chi connectivity index (χ0v) is 20.2. The molecule has 0 bridgehead atoms. The molecule has 0 fully saturated rings. The van der Waals surface area contributed by atoms with Crippen molar-refractivity contribution in [3.05, 3.63) is 114 Å². The minimum Gasteiger partial charge on any atom is -0.455 e. The molecule has 0 spiro atoms. The average molecular weight is 507 g/mol. The lowest BCUT2D eigenvalue weighted by Crippen LogP contribution is -2.45. The smallest absolute Gasteiger partial charge is 0.413 e. The van der Waals surface area contributed by atoms with Crippen molar-refractivity contribution in [3.8, 4) is 11.5 Å². The van der Waals surface area contributed by atoms with Crippen LogP contribution in [0.25, 0.3) is 11.0 Å². The van der Waals surface area contributed by atoms with Crippen molar-refractivity contribution in [2.24, 2.45) is 0 Å². The zero-order valence-electron chi connectivity index (χ0n) is 20.2. The molecule has 1 aromatic heterocycles. The van der Waals surface area contributed by atoms with Gasteiger partial charge in [-0.15, -0.1) is 0 Å². The summed E-state index contributed by atoms with van der Waals surface area (Å²) in [7, 11) is 1.26. The highest BCUT2D eigenvalue weighted by Crippen LogP contribution is 2.48. The Morgan fingerprint density at radius 3 is 2.53 bits per heavy atom. The highest BCUT2D eigenvalue weighted by Gasteiger charge is 2.51. The van der Waals surface area contributed by atoms with Gasteiger partial charge >= 0.3 is 6.09 Å². The summed E-state index contributed by atoms with van der Waals surface area (Å²) in [6.45, 7) is 0. The standard InChI is InChI=1S/C29H22N4O5/c1-37-28(35)32-27-30-22-16-15-18(17-23(22)31-27)29(36)21-12-6-5-11-20(21)26(34)33(29)24-13-7-8-14-25(24)38-19-9-3-2-4-10-19/h2-17,36H,1H3,(H2,30,31,32,35). The molecule has 0 saturated carbocycles. The normalized spacial score (nSPS) is 16.4. The molecule has 9 nitrogen and oxygen atoms in total. The summed E-state index contributed by atoms with van der Waals surface area (Å²) in [5, 5.41) is 15.0. The van der Waals surface area contributed by atoms with E-state index in [1.165, 1.54) is 12.0 Å². The number of aliphatic hydroxyl groups is 1. The van der Waals surface area contributed by atoms with Crippen LogP contribution in [0.15, 0.2) is 97.1 Å². The summed E-state index contributed by atoms with van der Waals surface area (Å²) in [4.78, 5) is 34.2. The van der Waals surface area contributed by atoms with Gasteiger partial charge in [0.2, 0.25) is 5.95 Å². The number of imidazole rings is 1. The second kappa shape index (κ2) is 9.06. The van der Waals surface area contributed by atoms with Crippen LogP contribution >= 0.6 is 0 Å². The van der Waals surface area contributed by atoms with E-state index >= 15 is 0 Å². The Hall–Kier alpha value is -5.15. The molecule has 2 amide bonds. The maximum atomic E-state index is 13.8. The summed E-state index contributed by atoms with van der Waals surface area (Å²) in [6.07, 6.45) is -0.667. The maximum Gasteiger partial charge on any atom is 0.413 e. The molecule has 0 radical (unpaired) electrons.